The van der Waals surface area contributed by atoms with Gasteiger partial charge in [0.2, 0.25) is 5.91 Å². The van der Waals surface area contributed by atoms with Crippen LogP contribution >= 0.6 is 11.8 Å². The third-order valence-electron chi connectivity index (χ3n) is 5.61. The van der Waals surface area contributed by atoms with Gasteiger partial charge in [-0.25, -0.2) is 0 Å². The molecule has 4 nitrogen and oxygen atoms in total. The zero-order valence-corrected chi connectivity index (χ0v) is 19.4. The van der Waals surface area contributed by atoms with Gasteiger partial charge in [0, 0.05) is 16.9 Å². The molecule has 3 aromatic rings. The first-order valence-corrected chi connectivity index (χ1v) is 11.8. The molecule has 1 heterocycles. The van der Waals surface area contributed by atoms with E-state index in [0.29, 0.717) is 17.4 Å². The van der Waals surface area contributed by atoms with Crippen molar-refractivity contribution in [2.45, 2.75) is 31.3 Å². The summed E-state index contributed by atoms with van der Waals surface area (Å²) in [4.78, 5) is 26.8. The monoisotopic (exact) mass is 484 g/mol. The molecular weight excluding hydrogens is 461 g/mol. The first kappa shape index (κ1) is 23.9. The molecule has 1 aliphatic rings. The molecule has 1 saturated heterocycles. The predicted molar refractivity (Wildman–Crippen MR) is 129 cm³/mol. The van der Waals surface area contributed by atoms with Crippen molar-refractivity contribution in [1.29, 1.82) is 0 Å². The first-order chi connectivity index (χ1) is 16.1. The average Bonchev–Trinajstić information content (AvgIpc) is 3.20. The van der Waals surface area contributed by atoms with Gasteiger partial charge in [-0.05, 0) is 59.5 Å². The second kappa shape index (κ2) is 9.54. The molecular formula is C26H23F3N2O2S. The Hall–Kier alpha value is -3.26. The first-order valence-electron chi connectivity index (χ1n) is 10.8. The molecule has 0 radical (unpaired) electrons. The van der Waals surface area contributed by atoms with Gasteiger partial charge >= 0.3 is 6.18 Å². The number of thioether (sulfide) groups is 1. The van der Waals surface area contributed by atoms with Crippen LogP contribution < -0.4 is 10.2 Å². The summed E-state index contributed by atoms with van der Waals surface area (Å²) >= 11 is 1.52. The number of nitrogens with zero attached hydrogens (tertiary/aromatic N) is 1. The lowest BCUT2D eigenvalue weighted by Crippen LogP contribution is -2.27. The number of hydrogen-bond donors (Lipinski definition) is 1. The van der Waals surface area contributed by atoms with E-state index in [2.05, 4.69) is 19.2 Å². The number of benzene rings is 3. The average molecular weight is 485 g/mol. The van der Waals surface area contributed by atoms with E-state index < -0.39 is 17.6 Å². The van der Waals surface area contributed by atoms with Crippen LogP contribution in [0.25, 0.3) is 0 Å². The molecule has 34 heavy (non-hydrogen) atoms. The highest BCUT2D eigenvalue weighted by Crippen LogP contribution is 2.42. The van der Waals surface area contributed by atoms with Crippen molar-refractivity contribution >= 4 is 35.0 Å². The van der Waals surface area contributed by atoms with E-state index >= 15 is 0 Å². The summed E-state index contributed by atoms with van der Waals surface area (Å²) in [6.45, 7) is 4.23. The van der Waals surface area contributed by atoms with Crippen LogP contribution in [0.1, 0.15) is 52.2 Å². The molecule has 3 aromatic carbocycles. The Labute approximate surface area is 200 Å². The summed E-state index contributed by atoms with van der Waals surface area (Å²) in [6.07, 6.45) is -4.52. The molecule has 1 fully saturated rings. The Balaban J connectivity index is 1.49. The summed E-state index contributed by atoms with van der Waals surface area (Å²) in [5, 5.41) is 2.43. The maximum Gasteiger partial charge on any atom is 0.416 e. The summed E-state index contributed by atoms with van der Waals surface area (Å²) in [7, 11) is 0. The molecule has 176 valence electrons. The molecule has 0 bridgehead atoms. The van der Waals surface area contributed by atoms with Crippen LogP contribution in [0.3, 0.4) is 0 Å². The van der Waals surface area contributed by atoms with Crippen molar-refractivity contribution < 1.29 is 22.8 Å². The van der Waals surface area contributed by atoms with Gasteiger partial charge in [-0.2, -0.15) is 13.2 Å². The maximum atomic E-state index is 12.9. The molecule has 8 heteroatoms. The molecule has 1 aliphatic heterocycles. The zero-order chi connectivity index (χ0) is 24.5. The summed E-state index contributed by atoms with van der Waals surface area (Å²) in [6, 6.07) is 19.3. The third-order valence-corrected chi connectivity index (χ3v) is 6.82. The topological polar surface area (TPSA) is 49.4 Å². The van der Waals surface area contributed by atoms with Gasteiger partial charge in [0.15, 0.2) is 0 Å². The minimum Gasteiger partial charge on any atom is -0.322 e. The number of hydrogen-bond acceptors (Lipinski definition) is 3. The Kier molecular flexibility index (Phi) is 6.70. The fraction of sp³-hybridized carbons (Fsp3) is 0.231. The second-order valence-corrected chi connectivity index (χ2v) is 9.40. The van der Waals surface area contributed by atoms with E-state index in [0.717, 1.165) is 23.4 Å². The van der Waals surface area contributed by atoms with E-state index in [9.17, 15) is 22.8 Å². The Bertz CT molecular complexity index is 1190. The Morgan fingerprint density at radius 2 is 1.71 bits per heavy atom. The lowest BCUT2D eigenvalue weighted by atomic mass is 10.0. The van der Waals surface area contributed by atoms with Gasteiger partial charge in [-0.3, -0.25) is 14.5 Å². The standard InChI is InChI=1S/C26H23F3N2O2S/c1-16(2)17-8-12-22(13-9-17)31-23(32)15-34-25(31)18-6-10-21(11-7-18)30-24(33)19-4-3-5-20(14-19)26(27,28)29/h3-14,16,25H,15H2,1-2H3,(H,30,33)/t25-/m0/s1. The molecule has 4 rings (SSSR count). The quantitative estimate of drug-likeness (QED) is 0.430. The summed E-state index contributed by atoms with van der Waals surface area (Å²) in [5.41, 5.74) is 2.41. The zero-order valence-electron chi connectivity index (χ0n) is 18.6. The molecule has 0 aliphatic carbocycles. The van der Waals surface area contributed by atoms with Crippen LogP contribution in [-0.4, -0.2) is 17.6 Å². The summed E-state index contributed by atoms with van der Waals surface area (Å²) < 4.78 is 38.8. The van der Waals surface area contributed by atoms with Gasteiger partial charge in [0.1, 0.15) is 5.37 Å². The number of rotatable bonds is 5. The number of halogens is 3. The van der Waals surface area contributed by atoms with Crippen molar-refractivity contribution in [3.63, 3.8) is 0 Å². The lowest BCUT2D eigenvalue weighted by molar-refractivity contribution is -0.137. The molecule has 0 saturated carbocycles. The second-order valence-electron chi connectivity index (χ2n) is 8.33. The van der Waals surface area contributed by atoms with E-state index in [1.807, 2.05) is 36.4 Å². The molecule has 2 amide bonds. The summed E-state index contributed by atoms with van der Waals surface area (Å²) in [5.74, 6) is 0.155. The highest BCUT2D eigenvalue weighted by atomic mass is 32.2. The molecule has 0 spiro atoms. The lowest BCUT2D eigenvalue weighted by Gasteiger charge is -2.25. The van der Waals surface area contributed by atoms with Crippen molar-refractivity contribution in [3.05, 3.63) is 95.1 Å². The van der Waals surface area contributed by atoms with Crippen LogP contribution in [0, 0.1) is 0 Å². The largest absolute Gasteiger partial charge is 0.416 e. The third kappa shape index (κ3) is 5.12. The molecule has 0 unspecified atom stereocenters. The van der Waals surface area contributed by atoms with Crippen molar-refractivity contribution in [2.24, 2.45) is 0 Å². The number of carbonyl (C=O) groups is 2. The van der Waals surface area contributed by atoms with Crippen LogP contribution in [0.2, 0.25) is 0 Å². The molecule has 0 aromatic heterocycles. The maximum absolute atomic E-state index is 12.9. The molecule has 1 atom stereocenters. The van der Waals surface area contributed by atoms with Crippen molar-refractivity contribution in [3.8, 4) is 0 Å². The minimum absolute atomic E-state index is 0.0224. The van der Waals surface area contributed by atoms with E-state index in [4.69, 9.17) is 0 Å². The normalized spacial score (nSPS) is 16.2. The van der Waals surface area contributed by atoms with E-state index in [1.54, 1.807) is 17.0 Å². The Morgan fingerprint density at radius 3 is 2.32 bits per heavy atom. The number of amides is 2. The SMILES string of the molecule is CC(C)c1ccc(N2C(=O)CS[C@H]2c2ccc(NC(=O)c3cccc(C(F)(F)F)c3)cc2)cc1. The number of anilines is 2. The van der Waals surface area contributed by atoms with E-state index in [-0.39, 0.29) is 16.8 Å². The highest BCUT2D eigenvalue weighted by molar-refractivity contribution is 8.00. The van der Waals surface area contributed by atoms with Crippen molar-refractivity contribution in [2.75, 3.05) is 16.0 Å². The number of nitrogens with one attached hydrogen (secondary N) is 1. The minimum atomic E-state index is -4.52. The van der Waals surface area contributed by atoms with Gasteiger partial charge in [-0.1, -0.05) is 44.2 Å². The van der Waals surface area contributed by atoms with E-state index in [1.165, 1.54) is 29.5 Å². The van der Waals surface area contributed by atoms with Crippen LogP contribution in [0.4, 0.5) is 24.5 Å². The predicted octanol–water partition coefficient (Wildman–Crippen LogP) is 6.86. The van der Waals surface area contributed by atoms with Crippen LogP contribution in [0.15, 0.2) is 72.8 Å². The van der Waals surface area contributed by atoms with Crippen molar-refractivity contribution in [1.82, 2.24) is 0 Å². The van der Waals surface area contributed by atoms with Crippen LogP contribution in [-0.2, 0) is 11.0 Å². The fourth-order valence-electron chi connectivity index (χ4n) is 3.74. The molecule has 1 N–H and O–H groups in total. The number of alkyl halides is 3. The smallest absolute Gasteiger partial charge is 0.322 e. The van der Waals surface area contributed by atoms with Gasteiger partial charge < -0.3 is 5.32 Å². The fourth-order valence-corrected chi connectivity index (χ4v) is 4.92. The van der Waals surface area contributed by atoms with Gasteiger partial charge in [-0.15, -0.1) is 11.8 Å². The van der Waals surface area contributed by atoms with Gasteiger partial charge in [0.25, 0.3) is 5.91 Å². The Morgan fingerprint density at radius 1 is 1.03 bits per heavy atom. The number of carbonyl (C=O) groups excluding carboxylic acids is 2. The van der Waals surface area contributed by atoms with Crippen LogP contribution in [0.5, 0.6) is 0 Å². The van der Waals surface area contributed by atoms with Gasteiger partial charge in [0.05, 0.1) is 11.3 Å². The highest BCUT2D eigenvalue weighted by Gasteiger charge is 2.34.